The van der Waals surface area contributed by atoms with Crippen molar-refractivity contribution in [2.24, 2.45) is 23.7 Å². The van der Waals surface area contributed by atoms with E-state index in [-0.39, 0.29) is 17.6 Å². The van der Waals surface area contributed by atoms with Crippen molar-refractivity contribution in [3.8, 4) is 6.07 Å². The zero-order chi connectivity index (χ0) is 10.6. The molecule has 2 heteroatoms. The fourth-order valence-electron chi connectivity index (χ4n) is 1.15. The third kappa shape index (κ3) is 3.18. The molecule has 0 aromatic rings. The second-order valence-corrected chi connectivity index (χ2v) is 4.29. The quantitative estimate of drug-likeness (QED) is 0.669. The molecule has 0 radical (unpaired) electrons. The molecular weight excluding hydrogens is 162 g/mol. The molecule has 0 fully saturated rings. The largest absolute Gasteiger partial charge is 0.298 e. The van der Waals surface area contributed by atoms with Crippen molar-refractivity contribution in [1.82, 2.24) is 0 Å². The lowest BCUT2D eigenvalue weighted by Gasteiger charge is -2.19. The van der Waals surface area contributed by atoms with Crippen molar-refractivity contribution in [2.45, 2.75) is 34.6 Å². The lowest BCUT2D eigenvalue weighted by atomic mass is 9.82. The number of rotatable bonds is 4. The summed E-state index contributed by atoms with van der Waals surface area (Å²) in [6, 6.07) is 2.09. The molecule has 0 aliphatic rings. The predicted molar refractivity (Wildman–Crippen MR) is 53.0 cm³/mol. The van der Waals surface area contributed by atoms with Crippen LogP contribution < -0.4 is 0 Å². The number of Topliss-reactive ketones (excluding diaryl/α,β-unsaturated/α-hetero) is 1. The van der Waals surface area contributed by atoms with Crippen LogP contribution in [0, 0.1) is 35.0 Å². The lowest BCUT2D eigenvalue weighted by molar-refractivity contribution is -0.126. The van der Waals surface area contributed by atoms with Gasteiger partial charge in [-0.2, -0.15) is 5.26 Å². The van der Waals surface area contributed by atoms with Crippen LogP contribution in [-0.4, -0.2) is 5.78 Å². The van der Waals surface area contributed by atoms with Gasteiger partial charge in [0.1, 0.15) is 5.92 Å². The Morgan fingerprint density at radius 1 is 1.08 bits per heavy atom. The number of ketones is 1. The van der Waals surface area contributed by atoms with Crippen LogP contribution in [0.4, 0.5) is 0 Å². The summed E-state index contributed by atoms with van der Waals surface area (Å²) in [6.45, 7) is 9.76. The summed E-state index contributed by atoms with van der Waals surface area (Å²) < 4.78 is 0. The molecule has 0 saturated heterocycles. The predicted octanol–water partition coefficient (Wildman–Crippen LogP) is 2.64. The highest BCUT2D eigenvalue weighted by atomic mass is 16.1. The van der Waals surface area contributed by atoms with Gasteiger partial charge in [0.05, 0.1) is 6.07 Å². The zero-order valence-electron chi connectivity index (χ0n) is 9.16. The van der Waals surface area contributed by atoms with E-state index in [1.807, 2.05) is 34.6 Å². The Hall–Kier alpha value is -0.840. The second-order valence-electron chi connectivity index (χ2n) is 4.29. The first-order valence-electron chi connectivity index (χ1n) is 4.85. The van der Waals surface area contributed by atoms with Gasteiger partial charge in [-0.1, -0.05) is 34.6 Å². The Kier molecular flexibility index (Phi) is 4.69. The molecule has 0 rings (SSSR count). The molecule has 0 heterocycles. The first-order chi connectivity index (χ1) is 5.91. The maximum atomic E-state index is 11.7. The molecule has 2 unspecified atom stereocenters. The van der Waals surface area contributed by atoms with Gasteiger partial charge in [-0.25, -0.2) is 0 Å². The number of hydrogen-bond acceptors (Lipinski definition) is 2. The van der Waals surface area contributed by atoms with Crippen LogP contribution in [0.3, 0.4) is 0 Å². The Labute approximate surface area is 80.9 Å². The lowest BCUT2D eigenvalue weighted by Crippen LogP contribution is -2.27. The summed E-state index contributed by atoms with van der Waals surface area (Å²) in [5.41, 5.74) is 0. The Balaban J connectivity index is 4.49. The smallest absolute Gasteiger partial charge is 0.153 e. The van der Waals surface area contributed by atoms with Gasteiger partial charge < -0.3 is 0 Å². The number of carbonyl (C=O) groups is 1. The van der Waals surface area contributed by atoms with E-state index in [1.165, 1.54) is 0 Å². The Bertz CT molecular complexity index is 213. The van der Waals surface area contributed by atoms with Crippen LogP contribution in [-0.2, 0) is 4.79 Å². The van der Waals surface area contributed by atoms with Gasteiger partial charge in [0.2, 0.25) is 0 Å². The molecule has 0 aromatic carbocycles. The minimum absolute atomic E-state index is 0.00736. The van der Waals surface area contributed by atoms with E-state index in [0.717, 1.165) is 0 Å². The molecule has 0 spiro atoms. The molecule has 74 valence electrons. The SMILES string of the molecule is CC(C)C(C)C(=O)C(C#N)C(C)C. The van der Waals surface area contributed by atoms with Crippen LogP contribution in [0.5, 0.6) is 0 Å². The summed E-state index contributed by atoms with van der Waals surface area (Å²) in [6.07, 6.45) is 0. The number of carbonyl (C=O) groups excluding carboxylic acids is 1. The van der Waals surface area contributed by atoms with Crippen LogP contribution in [0.25, 0.3) is 0 Å². The molecule has 2 atom stereocenters. The van der Waals surface area contributed by atoms with Gasteiger partial charge in [-0.3, -0.25) is 4.79 Å². The van der Waals surface area contributed by atoms with Gasteiger partial charge in [0.15, 0.2) is 5.78 Å². The molecular formula is C11H19NO. The highest BCUT2D eigenvalue weighted by Gasteiger charge is 2.27. The topological polar surface area (TPSA) is 40.9 Å². The van der Waals surface area contributed by atoms with E-state index < -0.39 is 5.92 Å². The van der Waals surface area contributed by atoms with Crippen LogP contribution >= 0.6 is 0 Å². The summed E-state index contributed by atoms with van der Waals surface area (Å²) in [4.78, 5) is 11.7. The Morgan fingerprint density at radius 3 is 1.77 bits per heavy atom. The van der Waals surface area contributed by atoms with Crippen LogP contribution in [0.1, 0.15) is 34.6 Å². The monoisotopic (exact) mass is 181 g/mol. The van der Waals surface area contributed by atoms with Gasteiger partial charge >= 0.3 is 0 Å². The maximum absolute atomic E-state index is 11.7. The molecule has 0 aliphatic heterocycles. The summed E-state index contributed by atoms with van der Waals surface area (Å²) >= 11 is 0. The van der Waals surface area contributed by atoms with E-state index in [1.54, 1.807) is 0 Å². The molecule has 13 heavy (non-hydrogen) atoms. The van der Waals surface area contributed by atoms with E-state index in [4.69, 9.17) is 5.26 Å². The third-order valence-electron chi connectivity index (χ3n) is 2.56. The molecule has 0 N–H and O–H groups in total. The summed E-state index contributed by atoms with van der Waals surface area (Å²) in [5.74, 6) is 0.0951. The van der Waals surface area contributed by atoms with Crippen molar-refractivity contribution in [3.05, 3.63) is 0 Å². The van der Waals surface area contributed by atoms with Gasteiger partial charge in [0.25, 0.3) is 0 Å². The first kappa shape index (κ1) is 12.2. The molecule has 0 aromatic heterocycles. The second kappa shape index (κ2) is 5.01. The van der Waals surface area contributed by atoms with Gasteiger partial charge in [-0.05, 0) is 11.8 Å². The number of hydrogen-bond donors (Lipinski definition) is 0. The summed E-state index contributed by atoms with van der Waals surface area (Å²) in [5, 5.41) is 8.83. The standard InChI is InChI=1S/C11H19NO/c1-7(2)9(5)11(13)10(6-12)8(3)4/h7-10H,1-5H3. The van der Waals surface area contributed by atoms with Crippen molar-refractivity contribution < 1.29 is 4.79 Å². The minimum atomic E-state index is -0.433. The van der Waals surface area contributed by atoms with Crippen molar-refractivity contribution in [2.75, 3.05) is 0 Å². The average molecular weight is 181 g/mol. The van der Waals surface area contributed by atoms with E-state index in [2.05, 4.69) is 6.07 Å². The highest BCUT2D eigenvalue weighted by Crippen LogP contribution is 2.20. The maximum Gasteiger partial charge on any atom is 0.153 e. The Morgan fingerprint density at radius 2 is 1.54 bits per heavy atom. The molecule has 0 bridgehead atoms. The van der Waals surface area contributed by atoms with E-state index in [9.17, 15) is 4.79 Å². The normalized spacial score (nSPS) is 15.5. The highest BCUT2D eigenvalue weighted by molar-refractivity contribution is 5.85. The zero-order valence-corrected chi connectivity index (χ0v) is 9.16. The molecule has 2 nitrogen and oxygen atoms in total. The van der Waals surface area contributed by atoms with Gasteiger partial charge in [-0.15, -0.1) is 0 Å². The van der Waals surface area contributed by atoms with Crippen LogP contribution in [0.15, 0.2) is 0 Å². The van der Waals surface area contributed by atoms with Gasteiger partial charge in [0, 0.05) is 5.92 Å². The van der Waals surface area contributed by atoms with E-state index >= 15 is 0 Å². The average Bonchev–Trinajstić information content (AvgIpc) is 2.03. The number of nitrogens with zero attached hydrogens (tertiary/aromatic N) is 1. The fraction of sp³-hybridized carbons (Fsp3) is 0.818. The molecule has 0 saturated carbocycles. The minimum Gasteiger partial charge on any atom is -0.298 e. The fourth-order valence-corrected chi connectivity index (χ4v) is 1.15. The summed E-state index contributed by atoms with van der Waals surface area (Å²) in [7, 11) is 0. The first-order valence-corrected chi connectivity index (χ1v) is 4.85. The molecule has 0 amide bonds. The van der Waals surface area contributed by atoms with Crippen molar-refractivity contribution in [3.63, 3.8) is 0 Å². The van der Waals surface area contributed by atoms with E-state index in [0.29, 0.717) is 5.92 Å². The molecule has 0 aliphatic carbocycles. The van der Waals surface area contributed by atoms with Crippen LogP contribution in [0.2, 0.25) is 0 Å². The number of nitriles is 1. The van der Waals surface area contributed by atoms with Crippen molar-refractivity contribution in [1.29, 1.82) is 5.26 Å². The van der Waals surface area contributed by atoms with Crippen molar-refractivity contribution >= 4 is 5.78 Å². The third-order valence-corrected chi connectivity index (χ3v) is 2.56.